The van der Waals surface area contributed by atoms with Gasteiger partial charge in [0.15, 0.2) is 5.75 Å². The van der Waals surface area contributed by atoms with E-state index in [2.05, 4.69) is 6.07 Å². The van der Waals surface area contributed by atoms with Crippen molar-refractivity contribution in [2.24, 2.45) is 5.73 Å². The molecule has 2 aromatic carbocycles. The summed E-state index contributed by atoms with van der Waals surface area (Å²) >= 11 is 0. The van der Waals surface area contributed by atoms with Gasteiger partial charge in [0.2, 0.25) is 5.88 Å². The fourth-order valence-electron chi connectivity index (χ4n) is 3.28. The quantitative estimate of drug-likeness (QED) is 0.716. The van der Waals surface area contributed by atoms with E-state index in [9.17, 15) is 10.1 Å². The molecule has 4 rings (SSSR count). The highest BCUT2D eigenvalue weighted by Crippen LogP contribution is 2.45. The highest BCUT2D eigenvalue weighted by molar-refractivity contribution is 5.86. The lowest BCUT2D eigenvalue weighted by molar-refractivity contribution is 0.382. The van der Waals surface area contributed by atoms with E-state index in [0.717, 1.165) is 0 Å². The first-order valence-electron chi connectivity index (χ1n) is 7.92. The third-order valence-corrected chi connectivity index (χ3v) is 4.42. The molecular weight excluding hydrogens is 332 g/mol. The van der Waals surface area contributed by atoms with Crippen LogP contribution in [0, 0.1) is 11.3 Å². The van der Waals surface area contributed by atoms with E-state index in [0.29, 0.717) is 28.0 Å². The Morgan fingerprint density at radius 2 is 1.88 bits per heavy atom. The van der Waals surface area contributed by atoms with E-state index >= 15 is 0 Å². The highest BCUT2D eigenvalue weighted by atomic mass is 16.5. The van der Waals surface area contributed by atoms with Crippen molar-refractivity contribution in [3.05, 3.63) is 81.5 Å². The first-order chi connectivity index (χ1) is 12.7. The van der Waals surface area contributed by atoms with Crippen LogP contribution < -0.4 is 20.8 Å². The number of rotatable bonds is 2. The molecule has 2 N–H and O–H groups in total. The molecule has 6 heteroatoms. The van der Waals surface area contributed by atoms with Gasteiger partial charge in [0.1, 0.15) is 23.0 Å². The van der Waals surface area contributed by atoms with Crippen molar-refractivity contribution in [2.45, 2.75) is 5.92 Å². The van der Waals surface area contributed by atoms with Crippen LogP contribution >= 0.6 is 0 Å². The van der Waals surface area contributed by atoms with Crippen LogP contribution in [0.25, 0.3) is 11.0 Å². The van der Waals surface area contributed by atoms with Crippen LogP contribution in [0.5, 0.6) is 11.5 Å². The van der Waals surface area contributed by atoms with Crippen molar-refractivity contribution >= 4 is 11.0 Å². The van der Waals surface area contributed by atoms with Crippen molar-refractivity contribution in [2.75, 3.05) is 7.11 Å². The molecule has 1 aliphatic rings. The summed E-state index contributed by atoms with van der Waals surface area (Å²) in [6.45, 7) is 0. The summed E-state index contributed by atoms with van der Waals surface area (Å²) in [5.74, 6) is 0.0788. The van der Waals surface area contributed by atoms with Gasteiger partial charge in [0, 0.05) is 5.56 Å². The zero-order valence-corrected chi connectivity index (χ0v) is 13.9. The third kappa shape index (κ3) is 2.22. The van der Waals surface area contributed by atoms with Crippen LogP contribution in [0.1, 0.15) is 17.0 Å². The van der Waals surface area contributed by atoms with Crippen molar-refractivity contribution in [1.82, 2.24) is 0 Å². The summed E-state index contributed by atoms with van der Waals surface area (Å²) in [6, 6.07) is 16.3. The molecule has 2 heterocycles. The monoisotopic (exact) mass is 346 g/mol. The molecule has 0 bridgehead atoms. The standard InChI is InChI=1S/C20H14N2O4/c1-24-14-8-4-2-6-11(14)16-13(10-21)19(22)26-18-12-7-3-5-9-15(12)25-20(23)17(16)18/h2-9,16H,22H2,1H3. The van der Waals surface area contributed by atoms with E-state index in [-0.39, 0.29) is 17.0 Å². The van der Waals surface area contributed by atoms with Crippen LogP contribution in [0.2, 0.25) is 0 Å². The number of ether oxygens (including phenoxy) is 2. The van der Waals surface area contributed by atoms with Crippen LogP contribution in [0.4, 0.5) is 0 Å². The van der Waals surface area contributed by atoms with Gasteiger partial charge >= 0.3 is 5.63 Å². The second-order valence-corrected chi connectivity index (χ2v) is 5.80. The molecule has 1 unspecified atom stereocenters. The molecule has 0 radical (unpaired) electrons. The molecule has 1 atom stereocenters. The maximum absolute atomic E-state index is 12.8. The minimum Gasteiger partial charge on any atom is -0.496 e. The Morgan fingerprint density at radius 3 is 2.65 bits per heavy atom. The van der Waals surface area contributed by atoms with E-state index in [1.165, 1.54) is 7.11 Å². The molecule has 26 heavy (non-hydrogen) atoms. The SMILES string of the molecule is COc1ccccc1C1C(C#N)=C(N)Oc2c1c(=O)oc1ccccc21. The van der Waals surface area contributed by atoms with Gasteiger partial charge in [-0.1, -0.05) is 30.3 Å². The zero-order chi connectivity index (χ0) is 18.3. The minimum absolute atomic E-state index is 0.0355. The van der Waals surface area contributed by atoms with E-state index in [4.69, 9.17) is 19.6 Å². The molecule has 0 spiro atoms. The number of para-hydroxylation sites is 2. The third-order valence-electron chi connectivity index (χ3n) is 4.42. The van der Waals surface area contributed by atoms with Gasteiger partial charge < -0.3 is 19.6 Å². The molecule has 0 saturated carbocycles. The van der Waals surface area contributed by atoms with Crippen molar-refractivity contribution in [1.29, 1.82) is 5.26 Å². The first kappa shape index (κ1) is 15.8. The largest absolute Gasteiger partial charge is 0.496 e. The smallest absolute Gasteiger partial charge is 0.344 e. The number of nitriles is 1. The summed E-state index contributed by atoms with van der Waals surface area (Å²) in [5.41, 5.74) is 6.86. The summed E-state index contributed by atoms with van der Waals surface area (Å²) in [4.78, 5) is 12.8. The predicted molar refractivity (Wildman–Crippen MR) is 94.8 cm³/mol. The number of nitrogens with zero attached hydrogens (tertiary/aromatic N) is 1. The number of benzene rings is 2. The summed E-state index contributed by atoms with van der Waals surface area (Å²) in [7, 11) is 1.53. The molecular formula is C20H14N2O4. The molecule has 0 saturated heterocycles. The number of nitrogens with two attached hydrogens (primary N) is 1. The number of hydrogen-bond acceptors (Lipinski definition) is 6. The molecule has 0 aliphatic carbocycles. The van der Waals surface area contributed by atoms with Gasteiger partial charge in [0.05, 0.1) is 24.0 Å². The van der Waals surface area contributed by atoms with Crippen molar-refractivity contribution < 1.29 is 13.9 Å². The Morgan fingerprint density at radius 1 is 1.15 bits per heavy atom. The van der Waals surface area contributed by atoms with Gasteiger partial charge in [-0.05, 0) is 18.2 Å². The van der Waals surface area contributed by atoms with E-state index in [1.807, 2.05) is 12.1 Å². The average molecular weight is 346 g/mol. The van der Waals surface area contributed by atoms with Crippen molar-refractivity contribution in [3.63, 3.8) is 0 Å². The van der Waals surface area contributed by atoms with Gasteiger partial charge in [-0.25, -0.2) is 4.79 Å². The Balaban J connectivity index is 2.11. The topological polar surface area (TPSA) is 98.5 Å². The lowest BCUT2D eigenvalue weighted by atomic mass is 9.83. The normalized spacial score (nSPS) is 15.9. The summed E-state index contributed by atoms with van der Waals surface area (Å²) < 4.78 is 16.6. The maximum atomic E-state index is 12.8. The summed E-state index contributed by atoms with van der Waals surface area (Å²) in [6.07, 6.45) is 0. The summed E-state index contributed by atoms with van der Waals surface area (Å²) in [5, 5.41) is 10.3. The number of hydrogen-bond donors (Lipinski definition) is 1. The molecule has 3 aromatic rings. The second kappa shape index (κ2) is 5.97. The molecule has 0 fully saturated rings. The fourth-order valence-corrected chi connectivity index (χ4v) is 3.28. The lowest BCUT2D eigenvalue weighted by Crippen LogP contribution is -2.26. The minimum atomic E-state index is -0.735. The molecule has 6 nitrogen and oxygen atoms in total. The molecule has 0 amide bonds. The van der Waals surface area contributed by atoms with Crippen LogP contribution in [0.15, 0.2) is 69.2 Å². The number of methoxy groups -OCH3 is 1. The Labute approximate surface area is 148 Å². The molecule has 128 valence electrons. The van der Waals surface area contributed by atoms with Crippen LogP contribution in [-0.2, 0) is 0 Å². The molecule has 1 aliphatic heterocycles. The van der Waals surface area contributed by atoms with Crippen LogP contribution in [-0.4, -0.2) is 7.11 Å². The predicted octanol–water partition coefficient (Wildman–Crippen LogP) is 3.02. The highest BCUT2D eigenvalue weighted by Gasteiger charge is 2.36. The Bertz CT molecular complexity index is 1150. The average Bonchev–Trinajstić information content (AvgIpc) is 2.67. The Hall–Kier alpha value is -3.72. The van der Waals surface area contributed by atoms with Crippen LogP contribution in [0.3, 0.4) is 0 Å². The van der Waals surface area contributed by atoms with Crippen molar-refractivity contribution in [3.8, 4) is 17.6 Å². The fraction of sp³-hybridized carbons (Fsp3) is 0.100. The van der Waals surface area contributed by atoms with Gasteiger partial charge in [-0.15, -0.1) is 0 Å². The van der Waals surface area contributed by atoms with Gasteiger partial charge in [-0.3, -0.25) is 0 Å². The van der Waals surface area contributed by atoms with Gasteiger partial charge in [0.25, 0.3) is 0 Å². The second-order valence-electron chi connectivity index (χ2n) is 5.80. The first-order valence-corrected chi connectivity index (χ1v) is 7.92. The zero-order valence-electron chi connectivity index (χ0n) is 13.9. The maximum Gasteiger partial charge on any atom is 0.344 e. The Kier molecular flexibility index (Phi) is 3.63. The van der Waals surface area contributed by atoms with E-state index < -0.39 is 11.5 Å². The van der Waals surface area contributed by atoms with Gasteiger partial charge in [-0.2, -0.15) is 5.26 Å². The number of allylic oxidation sites excluding steroid dienone is 1. The number of fused-ring (bicyclic) bond motifs is 3. The van der Waals surface area contributed by atoms with E-state index in [1.54, 1.807) is 36.4 Å². The lowest BCUT2D eigenvalue weighted by Gasteiger charge is -2.26. The molecule has 1 aromatic heterocycles.